The molecule has 0 aliphatic rings. The van der Waals surface area contributed by atoms with Gasteiger partial charge < -0.3 is 9.73 Å². The average molecular weight is 173 g/mol. The predicted molar refractivity (Wildman–Crippen MR) is 50.9 cm³/mol. The number of rotatable bonds is 2. The molecule has 3 heteroatoms. The van der Waals surface area contributed by atoms with E-state index >= 15 is 0 Å². The summed E-state index contributed by atoms with van der Waals surface area (Å²) in [5.74, 6) is 0.780. The van der Waals surface area contributed by atoms with Gasteiger partial charge in [0.1, 0.15) is 0 Å². The number of hydrogen-bond donors (Lipinski definition) is 0. The summed E-state index contributed by atoms with van der Waals surface area (Å²) in [5.41, 5.74) is 1.98. The molecule has 0 spiro atoms. The van der Waals surface area contributed by atoms with Gasteiger partial charge >= 0.3 is 0 Å². The van der Waals surface area contributed by atoms with Crippen LogP contribution in [0, 0.1) is 0 Å². The van der Waals surface area contributed by atoms with Gasteiger partial charge in [0.2, 0.25) is 0 Å². The van der Waals surface area contributed by atoms with Crippen molar-refractivity contribution in [2.45, 2.75) is 0 Å². The third-order valence-electron chi connectivity index (χ3n) is 1.84. The number of hydrogen-bond acceptors (Lipinski definition) is 2. The Hall–Kier alpha value is -1.77. The summed E-state index contributed by atoms with van der Waals surface area (Å²) in [6.45, 7) is 0. The minimum absolute atomic E-state index is 0.780. The number of benzene rings is 1. The molecule has 0 saturated carbocycles. The van der Waals surface area contributed by atoms with Crippen LogP contribution < -0.4 is 0 Å². The molecule has 13 heavy (non-hydrogen) atoms. The lowest BCUT2D eigenvalue weighted by atomic mass is 10.2. The standard InChI is InChI=1S/C10H9N2O/c1-11-9-4-2-8(3-5-9)10-6-12-7-13-10/h2-7H,1H3/q-1. The number of oxazole rings is 1. The van der Waals surface area contributed by atoms with Gasteiger partial charge in [0.25, 0.3) is 0 Å². The highest BCUT2D eigenvalue weighted by molar-refractivity contribution is 5.61. The fourth-order valence-corrected chi connectivity index (χ4v) is 1.13. The van der Waals surface area contributed by atoms with Crippen molar-refractivity contribution < 1.29 is 4.42 Å². The van der Waals surface area contributed by atoms with Crippen molar-refractivity contribution in [1.29, 1.82) is 0 Å². The largest absolute Gasteiger partial charge is 0.687 e. The second kappa shape index (κ2) is 3.31. The summed E-state index contributed by atoms with van der Waals surface area (Å²) in [7, 11) is 1.77. The third-order valence-corrected chi connectivity index (χ3v) is 1.84. The van der Waals surface area contributed by atoms with Gasteiger partial charge in [0, 0.05) is 5.56 Å². The highest BCUT2D eigenvalue weighted by atomic mass is 16.3. The van der Waals surface area contributed by atoms with Gasteiger partial charge in [-0.1, -0.05) is 24.3 Å². The van der Waals surface area contributed by atoms with Gasteiger partial charge in [-0.2, -0.15) is 0 Å². The highest BCUT2D eigenvalue weighted by Crippen LogP contribution is 2.23. The molecule has 2 aromatic rings. The van der Waals surface area contributed by atoms with E-state index < -0.39 is 0 Å². The summed E-state index contributed by atoms with van der Waals surface area (Å²) in [6, 6.07) is 7.81. The summed E-state index contributed by atoms with van der Waals surface area (Å²) in [6.07, 6.45) is 3.12. The zero-order valence-electron chi connectivity index (χ0n) is 7.27. The number of aromatic nitrogens is 1. The Balaban J connectivity index is 2.33. The topological polar surface area (TPSA) is 40.1 Å². The van der Waals surface area contributed by atoms with Crippen molar-refractivity contribution in [3.8, 4) is 11.3 Å². The van der Waals surface area contributed by atoms with Gasteiger partial charge in [-0.25, -0.2) is 4.98 Å². The van der Waals surface area contributed by atoms with Crippen LogP contribution in [0.3, 0.4) is 0 Å². The van der Waals surface area contributed by atoms with Crippen LogP contribution in [0.15, 0.2) is 41.3 Å². The predicted octanol–water partition coefficient (Wildman–Crippen LogP) is 2.98. The van der Waals surface area contributed by atoms with Crippen LogP contribution in [0.1, 0.15) is 0 Å². The molecule has 0 unspecified atom stereocenters. The Morgan fingerprint density at radius 2 is 2.00 bits per heavy atom. The zero-order chi connectivity index (χ0) is 9.10. The van der Waals surface area contributed by atoms with Crippen molar-refractivity contribution in [2.24, 2.45) is 0 Å². The van der Waals surface area contributed by atoms with E-state index in [-0.39, 0.29) is 0 Å². The molecule has 0 N–H and O–H groups in total. The van der Waals surface area contributed by atoms with Crippen LogP contribution in [0.2, 0.25) is 0 Å². The lowest BCUT2D eigenvalue weighted by Gasteiger charge is -2.12. The summed E-state index contributed by atoms with van der Waals surface area (Å²) in [5, 5.41) is 4.05. The van der Waals surface area contributed by atoms with E-state index in [4.69, 9.17) is 4.42 Å². The van der Waals surface area contributed by atoms with Gasteiger partial charge in [-0.3, -0.25) is 0 Å². The third kappa shape index (κ3) is 1.54. The average Bonchev–Trinajstić information content (AvgIpc) is 2.71. The normalized spacial score (nSPS) is 9.92. The van der Waals surface area contributed by atoms with Crippen molar-refractivity contribution in [2.75, 3.05) is 7.05 Å². The first kappa shape index (κ1) is 7.86. The molecule has 1 aromatic carbocycles. The van der Waals surface area contributed by atoms with Crippen molar-refractivity contribution in [1.82, 2.24) is 4.98 Å². The lowest BCUT2D eigenvalue weighted by Crippen LogP contribution is -1.72. The molecule has 0 saturated heterocycles. The maximum atomic E-state index is 5.15. The number of nitrogens with zero attached hydrogens (tertiary/aromatic N) is 2. The van der Waals surface area contributed by atoms with E-state index in [2.05, 4.69) is 10.3 Å². The van der Waals surface area contributed by atoms with Gasteiger partial charge in [0.15, 0.2) is 12.2 Å². The molecule has 0 radical (unpaired) electrons. The molecule has 3 nitrogen and oxygen atoms in total. The smallest absolute Gasteiger partial charge is 0.181 e. The molecule has 0 fully saturated rings. The van der Waals surface area contributed by atoms with Crippen LogP contribution in [0.5, 0.6) is 0 Å². The van der Waals surface area contributed by atoms with Crippen LogP contribution >= 0.6 is 0 Å². The van der Waals surface area contributed by atoms with E-state index in [1.807, 2.05) is 24.3 Å². The Kier molecular flexibility index (Phi) is 2.00. The fourth-order valence-electron chi connectivity index (χ4n) is 1.13. The zero-order valence-corrected chi connectivity index (χ0v) is 7.27. The molecular weight excluding hydrogens is 164 g/mol. The van der Waals surface area contributed by atoms with Gasteiger partial charge in [-0.15, -0.1) is 12.7 Å². The minimum Gasteiger partial charge on any atom is -0.687 e. The molecule has 0 aliphatic heterocycles. The molecule has 1 aromatic heterocycles. The first-order chi connectivity index (χ1) is 6.40. The monoisotopic (exact) mass is 173 g/mol. The highest BCUT2D eigenvalue weighted by Gasteiger charge is 1.97. The van der Waals surface area contributed by atoms with E-state index in [9.17, 15) is 0 Å². The van der Waals surface area contributed by atoms with E-state index in [0.717, 1.165) is 17.0 Å². The van der Waals surface area contributed by atoms with Crippen LogP contribution in [-0.2, 0) is 0 Å². The Morgan fingerprint density at radius 3 is 2.54 bits per heavy atom. The molecule has 0 bridgehead atoms. The molecule has 0 aliphatic carbocycles. The van der Waals surface area contributed by atoms with Crippen LogP contribution in [0.4, 0.5) is 5.69 Å². The van der Waals surface area contributed by atoms with E-state index in [1.165, 1.54) is 6.39 Å². The van der Waals surface area contributed by atoms with E-state index in [0.29, 0.717) is 0 Å². The fraction of sp³-hybridized carbons (Fsp3) is 0.100. The summed E-state index contributed by atoms with van der Waals surface area (Å²) >= 11 is 0. The minimum atomic E-state index is 0.780. The second-order valence-corrected chi connectivity index (χ2v) is 2.64. The Morgan fingerprint density at radius 1 is 1.23 bits per heavy atom. The summed E-state index contributed by atoms with van der Waals surface area (Å²) < 4.78 is 5.15. The van der Waals surface area contributed by atoms with Crippen LogP contribution in [0.25, 0.3) is 16.6 Å². The molecule has 0 amide bonds. The Bertz CT molecular complexity index is 364. The van der Waals surface area contributed by atoms with Crippen molar-refractivity contribution >= 4 is 5.69 Å². The van der Waals surface area contributed by atoms with Gasteiger partial charge in [-0.05, 0) is 0 Å². The first-order valence-electron chi connectivity index (χ1n) is 3.99. The molecule has 2 rings (SSSR count). The first-order valence-corrected chi connectivity index (χ1v) is 3.99. The summed E-state index contributed by atoms with van der Waals surface area (Å²) in [4.78, 5) is 3.85. The maximum absolute atomic E-state index is 5.15. The van der Waals surface area contributed by atoms with Crippen LogP contribution in [-0.4, -0.2) is 12.0 Å². The lowest BCUT2D eigenvalue weighted by molar-refractivity contribution is 0.572. The quantitative estimate of drug-likeness (QED) is 0.700. The maximum Gasteiger partial charge on any atom is 0.181 e. The van der Waals surface area contributed by atoms with Crippen molar-refractivity contribution in [3.63, 3.8) is 0 Å². The molecule has 66 valence electrons. The molecular formula is C10H9N2O-. The second-order valence-electron chi connectivity index (χ2n) is 2.64. The van der Waals surface area contributed by atoms with Gasteiger partial charge in [0.05, 0.1) is 6.20 Å². The molecule has 0 atom stereocenters. The SMILES string of the molecule is C[N-]c1ccc(-c2cnco2)cc1. The Labute approximate surface area is 76.4 Å². The van der Waals surface area contributed by atoms with E-state index in [1.54, 1.807) is 13.2 Å². The van der Waals surface area contributed by atoms with Crippen molar-refractivity contribution in [3.05, 3.63) is 42.2 Å². The molecule has 1 heterocycles.